The van der Waals surface area contributed by atoms with Gasteiger partial charge < -0.3 is 10.0 Å². The molecule has 1 N–H and O–H groups in total. The lowest BCUT2D eigenvalue weighted by atomic mass is 10.1. The summed E-state index contributed by atoms with van der Waals surface area (Å²) in [6.07, 6.45) is 5.19. The number of aliphatic imine (C=N–C) groups is 1. The maximum atomic E-state index is 11.2. The normalized spacial score (nSPS) is 16.8. The average Bonchev–Trinajstić information content (AvgIpc) is 2.28. The first-order chi connectivity index (χ1) is 7.97. The molecule has 0 aromatic heterocycles. The van der Waals surface area contributed by atoms with Crippen molar-refractivity contribution in [3.05, 3.63) is 35.9 Å². The summed E-state index contributed by atoms with van der Waals surface area (Å²) in [6.45, 7) is 10.8. The minimum atomic E-state index is 0.0475. The van der Waals surface area contributed by atoms with Crippen molar-refractivity contribution in [1.82, 2.24) is 4.90 Å². The molecule has 1 rings (SSSR count). The van der Waals surface area contributed by atoms with Gasteiger partial charge in [-0.1, -0.05) is 6.58 Å². The van der Waals surface area contributed by atoms with Crippen molar-refractivity contribution in [3.8, 4) is 0 Å². The number of Topliss-reactive ketones (excluding diaryl/α,β-unsaturated/α-hetero) is 1. The molecule has 0 aromatic rings. The number of nitrogens with zero attached hydrogens (tertiary/aromatic N) is 2. The quantitative estimate of drug-likeness (QED) is 0.748. The van der Waals surface area contributed by atoms with Crippen molar-refractivity contribution in [2.45, 2.75) is 27.7 Å². The number of allylic oxidation sites excluding steroid dienone is 3. The zero-order chi connectivity index (χ0) is 13.4. The molecule has 0 atom stereocenters. The lowest BCUT2D eigenvalue weighted by Crippen LogP contribution is -2.17. The maximum absolute atomic E-state index is 11.2. The van der Waals surface area contributed by atoms with E-state index in [1.54, 1.807) is 38.1 Å². The molecule has 0 radical (unpaired) electrons. The number of aliphatic hydroxyl groups is 1. The van der Waals surface area contributed by atoms with E-state index in [2.05, 4.69) is 11.6 Å². The monoisotopic (exact) mass is 236 g/mol. The Labute approximate surface area is 103 Å². The second-order valence-electron chi connectivity index (χ2n) is 3.50. The van der Waals surface area contributed by atoms with E-state index in [1.165, 1.54) is 0 Å². The zero-order valence-electron chi connectivity index (χ0n) is 10.9. The number of hydrogen-bond acceptors (Lipinski definition) is 4. The predicted molar refractivity (Wildman–Crippen MR) is 70.4 cm³/mol. The minimum Gasteiger partial charge on any atom is -0.397 e. The number of aliphatic hydroxyl groups excluding tert-OH is 1. The van der Waals surface area contributed by atoms with Gasteiger partial charge in [0.2, 0.25) is 0 Å². The molecule has 94 valence electrons. The van der Waals surface area contributed by atoms with Crippen LogP contribution >= 0.6 is 0 Å². The van der Waals surface area contributed by atoms with Gasteiger partial charge in [-0.2, -0.15) is 0 Å². The van der Waals surface area contributed by atoms with Gasteiger partial charge in [0, 0.05) is 24.6 Å². The average molecular weight is 236 g/mol. The van der Waals surface area contributed by atoms with E-state index in [9.17, 15) is 4.79 Å². The molecular formula is C13H20N2O2. The Kier molecular flexibility index (Phi) is 6.82. The fraction of sp³-hybridized carbons (Fsp3) is 0.385. The summed E-state index contributed by atoms with van der Waals surface area (Å²) in [6, 6.07) is 0. The first-order valence-corrected chi connectivity index (χ1v) is 5.43. The van der Waals surface area contributed by atoms with Gasteiger partial charge in [-0.25, -0.2) is 0 Å². The zero-order valence-corrected chi connectivity index (χ0v) is 10.9. The third-order valence-corrected chi connectivity index (χ3v) is 2.10. The SMILES string of the molecule is C=CN1C=C(C)N=C/C1=C(/C)C(C)=O.CCO. The lowest BCUT2D eigenvalue weighted by molar-refractivity contribution is -0.113. The van der Waals surface area contributed by atoms with Crippen LogP contribution < -0.4 is 0 Å². The van der Waals surface area contributed by atoms with E-state index in [4.69, 9.17) is 5.11 Å². The Balaban J connectivity index is 0.000000770. The number of carbonyl (C=O) groups is 1. The van der Waals surface area contributed by atoms with Crippen LogP contribution in [0.4, 0.5) is 0 Å². The van der Waals surface area contributed by atoms with Gasteiger partial charge in [-0.15, -0.1) is 0 Å². The molecule has 0 unspecified atom stereocenters. The van der Waals surface area contributed by atoms with Crippen molar-refractivity contribution in [2.24, 2.45) is 4.99 Å². The van der Waals surface area contributed by atoms with E-state index in [0.717, 1.165) is 11.4 Å². The first-order valence-electron chi connectivity index (χ1n) is 5.43. The molecule has 4 heteroatoms. The van der Waals surface area contributed by atoms with Crippen LogP contribution in [0.5, 0.6) is 0 Å². The van der Waals surface area contributed by atoms with E-state index in [0.29, 0.717) is 5.57 Å². The third-order valence-electron chi connectivity index (χ3n) is 2.10. The van der Waals surface area contributed by atoms with Gasteiger partial charge in [0.25, 0.3) is 0 Å². The van der Waals surface area contributed by atoms with E-state index in [1.807, 2.05) is 13.1 Å². The van der Waals surface area contributed by atoms with E-state index >= 15 is 0 Å². The number of ketones is 1. The van der Waals surface area contributed by atoms with Crippen LogP contribution in [0.2, 0.25) is 0 Å². The van der Waals surface area contributed by atoms with Crippen molar-refractivity contribution < 1.29 is 9.90 Å². The highest BCUT2D eigenvalue weighted by molar-refractivity contribution is 5.99. The number of hydrogen-bond donors (Lipinski definition) is 1. The molecule has 0 fully saturated rings. The molecule has 0 aliphatic carbocycles. The molecule has 1 heterocycles. The minimum absolute atomic E-state index is 0.0475. The maximum Gasteiger partial charge on any atom is 0.157 e. The van der Waals surface area contributed by atoms with Crippen molar-refractivity contribution >= 4 is 12.0 Å². The van der Waals surface area contributed by atoms with Gasteiger partial charge in [-0.05, 0) is 27.7 Å². The molecule has 0 saturated carbocycles. The largest absolute Gasteiger partial charge is 0.397 e. The number of rotatable bonds is 2. The summed E-state index contributed by atoms with van der Waals surface area (Å²) in [5.74, 6) is 0.0475. The summed E-state index contributed by atoms with van der Waals surface area (Å²) in [5, 5.41) is 7.57. The molecule has 0 spiro atoms. The van der Waals surface area contributed by atoms with Gasteiger partial charge in [0.15, 0.2) is 5.78 Å². The highest BCUT2D eigenvalue weighted by atomic mass is 16.2. The second kappa shape index (κ2) is 7.57. The Bertz CT molecular complexity index is 379. The second-order valence-corrected chi connectivity index (χ2v) is 3.50. The van der Waals surface area contributed by atoms with Crippen molar-refractivity contribution in [2.75, 3.05) is 6.61 Å². The topological polar surface area (TPSA) is 52.9 Å². The van der Waals surface area contributed by atoms with Gasteiger partial charge in [0.1, 0.15) is 0 Å². The number of carbonyl (C=O) groups excluding carboxylic acids is 1. The Hall–Kier alpha value is -1.68. The highest BCUT2D eigenvalue weighted by Crippen LogP contribution is 2.16. The smallest absolute Gasteiger partial charge is 0.157 e. The summed E-state index contributed by atoms with van der Waals surface area (Å²) < 4.78 is 0. The summed E-state index contributed by atoms with van der Waals surface area (Å²) >= 11 is 0. The van der Waals surface area contributed by atoms with E-state index in [-0.39, 0.29) is 12.4 Å². The Morgan fingerprint density at radius 3 is 2.53 bits per heavy atom. The molecule has 4 nitrogen and oxygen atoms in total. The first kappa shape index (κ1) is 15.3. The van der Waals surface area contributed by atoms with E-state index < -0.39 is 0 Å². The highest BCUT2D eigenvalue weighted by Gasteiger charge is 2.12. The molecule has 1 aliphatic heterocycles. The standard InChI is InChI=1S/C11H14N2O.C2H6O/c1-5-13-7-8(2)12-6-11(13)9(3)10(4)14;1-2-3/h5-7H,1H2,2-4H3;3H,2H2,1H3/b11-9+;. The van der Waals surface area contributed by atoms with Crippen LogP contribution in [0, 0.1) is 0 Å². The Morgan fingerprint density at radius 1 is 1.59 bits per heavy atom. The van der Waals surface area contributed by atoms with Crippen LogP contribution in [0.25, 0.3) is 0 Å². The van der Waals surface area contributed by atoms with Crippen LogP contribution in [0.15, 0.2) is 40.9 Å². The van der Waals surface area contributed by atoms with Crippen molar-refractivity contribution in [1.29, 1.82) is 0 Å². The molecule has 1 aliphatic rings. The van der Waals surface area contributed by atoms with Gasteiger partial charge in [0.05, 0.1) is 17.6 Å². The van der Waals surface area contributed by atoms with Crippen molar-refractivity contribution in [3.63, 3.8) is 0 Å². The van der Waals surface area contributed by atoms with Crippen LogP contribution in [-0.4, -0.2) is 28.6 Å². The van der Waals surface area contributed by atoms with Crippen LogP contribution in [0.3, 0.4) is 0 Å². The third kappa shape index (κ3) is 4.78. The van der Waals surface area contributed by atoms with Gasteiger partial charge >= 0.3 is 0 Å². The fourth-order valence-electron chi connectivity index (χ4n) is 1.16. The molecule has 0 aromatic carbocycles. The molecule has 0 bridgehead atoms. The summed E-state index contributed by atoms with van der Waals surface area (Å²) in [5.41, 5.74) is 2.38. The predicted octanol–water partition coefficient (Wildman–Crippen LogP) is 2.24. The molecular weight excluding hydrogens is 216 g/mol. The Morgan fingerprint density at radius 2 is 2.12 bits per heavy atom. The summed E-state index contributed by atoms with van der Waals surface area (Å²) in [7, 11) is 0. The lowest BCUT2D eigenvalue weighted by Gasteiger charge is -2.21. The van der Waals surface area contributed by atoms with Crippen LogP contribution in [0.1, 0.15) is 27.7 Å². The van der Waals surface area contributed by atoms with Gasteiger partial charge in [-0.3, -0.25) is 9.79 Å². The fourth-order valence-corrected chi connectivity index (χ4v) is 1.16. The molecule has 17 heavy (non-hydrogen) atoms. The molecule has 0 saturated heterocycles. The van der Waals surface area contributed by atoms with Crippen LogP contribution in [-0.2, 0) is 4.79 Å². The summed E-state index contributed by atoms with van der Waals surface area (Å²) in [4.78, 5) is 17.1. The molecule has 0 amide bonds.